The van der Waals surface area contributed by atoms with E-state index >= 15 is 0 Å². The van der Waals surface area contributed by atoms with Crippen LogP contribution in [-0.2, 0) is 0 Å². The third kappa shape index (κ3) is 0.907. The second-order valence-electron chi connectivity index (χ2n) is 3.13. The van der Waals surface area contributed by atoms with E-state index in [1.165, 1.54) is 10.8 Å². The summed E-state index contributed by atoms with van der Waals surface area (Å²) in [7, 11) is 0. The fourth-order valence-corrected chi connectivity index (χ4v) is 1.73. The quantitative estimate of drug-likeness (QED) is 0.548. The molecule has 13 heavy (non-hydrogen) atoms. The van der Waals surface area contributed by atoms with Gasteiger partial charge in [0, 0.05) is 23.5 Å². The zero-order valence-electron chi connectivity index (χ0n) is 7.04. The lowest BCUT2D eigenvalue weighted by Gasteiger charge is -2.12. The fourth-order valence-electron chi connectivity index (χ4n) is 1.73. The summed E-state index contributed by atoms with van der Waals surface area (Å²) in [6, 6.07) is 8.22. The van der Waals surface area contributed by atoms with E-state index in [0.29, 0.717) is 0 Å². The van der Waals surface area contributed by atoms with Crippen LogP contribution >= 0.6 is 0 Å². The number of hydrogen-bond acceptors (Lipinski definition) is 3. The Labute approximate surface area is 75.5 Å². The minimum Gasteiger partial charge on any atom is -0.326 e. The summed E-state index contributed by atoms with van der Waals surface area (Å²) < 4.78 is 0. The van der Waals surface area contributed by atoms with Gasteiger partial charge in [0.05, 0.1) is 11.1 Å². The largest absolute Gasteiger partial charge is 0.326 e. The molecule has 0 bridgehead atoms. The molecule has 0 fully saturated rings. The number of fused-ring (bicyclic) bond motifs is 2. The molecule has 2 N–H and O–H groups in total. The average molecular weight is 171 g/mol. The maximum atomic E-state index is 4.50. The summed E-state index contributed by atoms with van der Waals surface area (Å²) in [5.74, 6) is 0. The highest BCUT2D eigenvalue weighted by molar-refractivity contribution is 5.67. The third-order valence-electron chi connectivity index (χ3n) is 2.36. The first-order valence-electron chi connectivity index (χ1n) is 4.31. The molecule has 0 aromatic heterocycles. The molecule has 3 heteroatoms. The van der Waals surface area contributed by atoms with Crippen molar-refractivity contribution in [2.45, 2.75) is 0 Å². The smallest absolute Gasteiger partial charge is 0.0860 e. The molecule has 0 amide bonds. The standard InChI is InChI=1S/C10H9N3/c1-2-4-9-7(3-1)8-5-11-12-6-10(8)13-9/h1-4,6,11-12H,5H2. The van der Waals surface area contributed by atoms with E-state index in [1.807, 2.05) is 24.4 Å². The van der Waals surface area contributed by atoms with Crippen LogP contribution in [0.2, 0.25) is 0 Å². The number of benzene rings is 1. The normalized spacial score (nSPS) is 18.2. The van der Waals surface area contributed by atoms with E-state index in [1.54, 1.807) is 0 Å². The lowest BCUT2D eigenvalue weighted by Crippen LogP contribution is -2.35. The van der Waals surface area contributed by atoms with E-state index < -0.39 is 0 Å². The number of hydrazine groups is 1. The minimum absolute atomic E-state index is 0.840. The summed E-state index contributed by atoms with van der Waals surface area (Å²) in [6.07, 6.45) is 1.90. The molecule has 0 unspecified atom stereocenters. The van der Waals surface area contributed by atoms with Gasteiger partial charge in [0.2, 0.25) is 0 Å². The van der Waals surface area contributed by atoms with Crippen molar-refractivity contribution in [1.82, 2.24) is 10.9 Å². The molecule has 0 spiro atoms. The zero-order valence-corrected chi connectivity index (χ0v) is 7.04. The van der Waals surface area contributed by atoms with Gasteiger partial charge in [-0.15, -0.1) is 0 Å². The molecule has 0 atom stereocenters. The van der Waals surface area contributed by atoms with Crippen molar-refractivity contribution in [1.29, 1.82) is 0 Å². The Kier molecular flexibility index (Phi) is 1.29. The highest BCUT2D eigenvalue weighted by Gasteiger charge is 2.14. The molecule has 0 saturated carbocycles. The fraction of sp³-hybridized carbons (Fsp3) is 0.100. The van der Waals surface area contributed by atoms with Crippen molar-refractivity contribution in [3.8, 4) is 0 Å². The lowest BCUT2D eigenvalue weighted by atomic mass is 10.1. The average Bonchev–Trinajstić information content (AvgIpc) is 2.56. The molecular weight excluding hydrogens is 162 g/mol. The van der Waals surface area contributed by atoms with Crippen LogP contribution in [0.5, 0.6) is 0 Å². The number of nitrogens with zero attached hydrogens (tertiary/aromatic N) is 1. The number of para-hydroxylation sites is 1. The molecule has 0 aliphatic carbocycles. The van der Waals surface area contributed by atoms with Gasteiger partial charge in [0.15, 0.2) is 0 Å². The maximum absolute atomic E-state index is 4.50. The molecule has 1 aromatic carbocycles. The molecule has 0 radical (unpaired) electrons. The van der Waals surface area contributed by atoms with E-state index in [9.17, 15) is 0 Å². The van der Waals surface area contributed by atoms with Crippen LogP contribution in [0.3, 0.4) is 0 Å². The van der Waals surface area contributed by atoms with Crippen LogP contribution in [0.15, 0.2) is 41.2 Å². The summed E-state index contributed by atoms with van der Waals surface area (Å²) >= 11 is 0. The van der Waals surface area contributed by atoms with Gasteiger partial charge in [-0.25, -0.2) is 10.4 Å². The number of hydrogen-bond donors (Lipinski definition) is 2. The Hall–Kier alpha value is -1.61. The SMILES string of the molecule is C1=C2N=c3ccccc3=C2CNN1. The van der Waals surface area contributed by atoms with Crippen LogP contribution < -0.4 is 21.4 Å². The lowest BCUT2D eigenvalue weighted by molar-refractivity contribution is 0.667. The van der Waals surface area contributed by atoms with E-state index in [2.05, 4.69) is 21.9 Å². The monoisotopic (exact) mass is 171 g/mol. The first-order valence-corrected chi connectivity index (χ1v) is 4.31. The van der Waals surface area contributed by atoms with Crippen LogP contribution in [0, 0.1) is 0 Å². The minimum atomic E-state index is 0.840. The Balaban J connectivity index is 2.43. The number of rotatable bonds is 0. The second-order valence-corrected chi connectivity index (χ2v) is 3.13. The van der Waals surface area contributed by atoms with Gasteiger partial charge in [-0.05, 0) is 6.07 Å². The summed E-state index contributed by atoms with van der Waals surface area (Å²) in [5.41, 5.74) is 8.38. The summed E-state index contributed by atoms with van der Waals surface area (Å²) in [4.78, 5) is 4.50. The topological polar surface area (TPSA) is 36.4 Å². The van der Waals surface area contributed by atoms with Crippen LogP contribution in [0.4, 0.5) is 0 Å². The van der Waals surface area contributed by atoms with Gasteiger partial charge in [-0.2, -0.15) is 0 Å². The van der Waals surface area contributed by atoms with Gasteiger partial charge in [0.25, 0.3) is 0 Å². The summed E-state index contributed by atoms with van der Waals surface area (Å²) in [6.45, 7) is 0.840. The van der Waals surface area contributed by atoms with Crippen LogP contribution in [-0.4, -0.2) is 6.54 Å². The van der Waals surface area contributed by atoms with Crippen molar-refractivity contribution < 1.29 is 0 Å². The highest BCUT2D eigenvalue weighted by atomic mass is 15.4. The first-order chi connectivity index (χ1) is 6.45. The molecule has 2 heterocycles. The molecular formula is C10H9N3. The van der Waals surface area contributed by atoms with Crippen LogP contribution in [0.25, 0.3) is 5.57 Å². The predicted octanol–water partition coefficient (Wildman–Crippen LogP) is -0.580. The van der Waals surface area contributed by atoms with Crippen molar-refractivity contribution in [2.24, 2.45) is 4.99 Å². The molecule has 3 rings (SSSR count). The number of nitrogens with one attached hydrogen (secondary N) is 2. The Morgan fingerprint density at radius 3 is 3.15 bits per heavy atom. The van der Waals surface area contributed by atoms with Gasteiger partial charge in [-0.1, -0.05) is 18.2 Å². The molecule has 2 aliphatic heterocycles. The Morgan fingerprint density at radius 2 is 2.15 bits per heavy atom. The Bertz CT molecular complexity index is 499. The summed E-state index contributed by atoms with van der Waals surface area (Å²) in [5, 5.41) is 2.33. The highest BCUT2D eigenvalue weighted by Crippen LogP contribution is 2.13. The predicted molar refractivity (Wildman–Crippen MR) is 49.9 cm³/mol. The van der Waals surface area contributed by atoms with Gasteiger partial charge >= 0.3 is 0 Å². The molecule has 64 valence electrons. The van der Waals surface area contributed by atoms with E-state index in [0.717, 1.165) is 17.6 Å². The van der Waals surface area contributed by atoms with Crippen molar-refractivity contribution in [3.63, 3.8) is 0 Å². The van der Waals surface area contributed by atoms with E-state index in [4.69, 9.17) is 0 Å². The molecule has 1 aromatic rings. The Morgan fingerprint density at radius 1 is 1.23 bits per heavy atom. The molecule has 3 nitrogen and oxygen atoms in total. The van der Waals surface area contributed by atoms with E-state index in [-0.39, 0.29) is 0 Å². The second kappa shape index (κ2) is 2.44. The molecule has 0 saturated heterocycles. The van der Waals surface area contributed by atoms with Crippen molar-refractivity contribution >= 4 is 5.57 Å². The maximum Gasteiger partial charge on any atom is 0.0860 e. The molecule has 2 aliphatic rings. The van der Waals surface area contributed by atoms with Crippen molar-refractivity contribution in [3.05, 3.63) is 46.7 Å². The van der Waals surface area contributed by atoms with Gasteiger partial charge < -0.3 is 5.43 Å². The van der Waals surface area contributed by atoms with Crippen LogP contribution in [0.1, 0.15) is 0 Å². The third-order valence-corrected chi connectivity index (χ3v) is 2.36. The van der Waals surface area contributed by atoms with Gasteiger partial charge in [0.1, 0.15) is 0 Å². The van der Waals surface area contributed by atoms with Gasteiger partial charge in [-0.3, -0.25) is 0 Å². The van der Waals surface area contributed by atoms with Crippen molar-refractivity contribution in [2.75, 3.05) is 6.54 Å². The first kappa shape index (κ1) is 6.86. The zero-order chi connectivity index (χ0) is 8.67.